The number of carbonyl (C=O) groups is 1. The van der Waals surface area contributed by atoms with E-state index < -0.39 is 0 Å². The topological polar surface area (TPSA) is 75.6 Å². The highest BCUT2D eigenvalue weighted by Crippen LogP contribution is 2.34. The van der Waals surface area contributed by atoms with Crippen molar-refractivity contribution < 1.29 is 4.79 Å². The summed E-state index contributed by atoms with van der Waals surface area (Å²) in [6.45, 7) is 6.48. The van der Waals surface area contributed by atoms with E-state index in [9.17, 15) is 4.79 Å². The van der Waals surface area contributed by atoms with Gasteiger partial charge in [0.25, 0.3) is 0 Å². The van der Waals surface area contributed by atoms with Crippen LogP contribution in [-0.4, -0.2) is 25.9 Å². The van der Waals surface area contributed by atoms with Crippen LogP contribution < -0.4 is 5.32 Å². The molecule has 6 nitrogen and oxygen atoms in total. The number of rotatable bonds is 3. The molecule has 2 heterocycles. The summed E-state index contributed by atoms with van der Waals surface area (Å²) in [7, 11) is 1.86. The zero-order valence-electron chi connectivity index (χ0n) is 13.8. The summed E-state index contributed by atoms with van der Waals surface area (Å²) in [5.41, 5.74) is 1.65. The van der Waals surface area contributed by atoms with Gasteiger partial charge in [-0.1, -0.05) is 13.8 Å². The van der Waals surface area contributed by atoms with Crippen molar-refractivity contribution in [3.05, 3.63) is 5.69 Å². The van der Waals surface area contributed by atoms with E-state index >= 15 is 0 Å². The van der Waals surface area contributed by atoms with Crippen LogP contribution in [0.3, 0.4) is 0 Å². The summed E-state index contributed by atoms with van der Waals surface area (Å²) in [6, 6.07) is 0. The molecule has 1 aliphatic rings. The third-order valence-electron chi connectivity index (χ3n) is 5.05. The predicted octanol–water partition coefficient (Wildman–Crippen LogP) is 3.01. The number of amides is 1. The lowest BCUT2D eigenvalue weighted by Crippen LogP contribution is -2.28. The molecule has 22 heavy (non-hydrogen) atoms. The quantitative estimate of drug-likeness (QED) is 0.915. The standard InChI is InChI=1S/C16H25N5O/c1-9(2)11-5-7-12(8-6-11)16(22)17-14-13-10(3)20-21(4)15(13)19-18-14/h9,11-12H,5-8H2,1-4H3,(H2,17,18,19,22). The van der Waals surface area contributed by atoms with Gasteiger partial charge in [0.05, 0.1) is 11.1 Å². The summed E-state index contributed by atoms with van der Waals surface area (Å²) in [5, 5.41) is 15.4. The third-order valence-corrected chi connectivity index (χ3v) is 5.05. The molecule has 2 N–H and O–H groups in total. The van der Waals surface area contributed by atoms with Crippen molar-refractivity contribution in [2.45, 2.75) is 46.5 Å². The molecule has 2 aromatic heterocycles. The number of aromatic amines is 1. The largest absolute Gasteiger partial charge is 0.310 e. The van der Waals surface area contributed by atoms with Gasteiger partial charge in [-0.15, -0.1) is 0 Å². The molecule has 0 unspecified atom stereocenters. The van der Waals surface area contributed by atoms with E-state index in [1.54, 1.807) is 4.68 Å². The Kier molecular flexibility index (Phi) is 3.93. The SMILES string of the molecule is Cc1nn(C)c2n[nH]c(NC(=O)C3CCC(C(C)C)CC3)c12. The highest BCUT2D eigenvalue weighted by molar-refractivity contribution is 6.00. The summed E-state index contributed by atoms with van der Waals surface area (Å²) >= 11 is 0. The number of hydrogen-bond donors (Lipinski definition) is 2. The van der Waals surface area contributed by atoms with Gasteiger partial charge in [-0.3, -0.25) is 9.89 Å². The first-order valence-corrected chi connectivity index (χ1v) is 8.16. The Balaban J connectivity index is 1.69. The monoisotopic (exact) mass is 303 g/mol. The molecule has 1 fully saturated rings. The van der Waals surface area contributed by atoms with Crippen LogP contribution in [0.4, 0.5) is 5.82 Å². The zero-order valence-corrected chi connectivity index (χ0v) is 13.8. The van der Waals surface area contributed by atoms with E-state index in [-0.39, 0.29) is 11.8 Å². The van der Waals surface area contributed by atoms with Gasteiger partial charge in [-0.05, 0) is 44.4 Å². The molecular formula is C16H25N5O. The average Bonchev–Trinajstić information content (AvgIpc) is 3.02. The van der Waals surface area contributed by atoms with Crippen molar-refractivity contribution in [3.63, 3.8) is 0 Å². The van der Waals surface area contributed by atoms with Crippen molar-refractivity contribution >= 4 is 22.8 Å². The lowest BCUT2D eigenvalue weighted by atomic mass is 9.77. The van der Waals surface area contributed by atoms with Gasteiger partial charge in [-0.2, -0.15) is 10.2 Å². The third kappa shape index (κ3) is 2.62. The molecule has 2 aromatic rings. The molecule has 3 rings (SSSR count). The molecule has 0 atom stereocenters. The Bertz CT molecular complexity index is 676. The van der Waals surface area contributed by atoms with Crippen molar-refractivity contribution in [3.8, 4) is 0 Å². The number of hydrogen-bond acceptors (Lipinski definition) is 3. The zero-order chi connectivity index (χ0) is 15.9. The van der Waals surface area contributed by atoms with Crippen LogP contribution in [0.2, 0.25) is 0 Å². The van der Waals surface area contributed by atoms with Gasteiger partial charge in [0.1, 0.15) is 5.82 Å². The highest BCUT2D eigenvalue weighted by Gasteiger charge is 2.28. The number of aryl methyl sites for hydroxylation is 2. The number of carbonyl (C=O) groups excluding carboxylic acids is 1. The van der Waals surface area contributed by atoms with Gasteiger partial charge >= 0.3 is 0 Å². The molecule has 0 radical (unpaired) electrons. The maximum atomic E-state index is 12.5. The minimum Gasteiger partial charge on any atom is -0.310 e. The Labute approximate surface area is 130 Å². The Hall–Kier alpha value is -1.85. The van der Waals surface area contributed by atoms with Crippen molar-refractivity contribution in [2.24, 2.45) is 24.8 Å². The second-order valence-electron chi connectivity index (χ2n) is 6.85. The first kappa shape index (κ1) is 15.1. The maximum absolute atomic E-state index is 12.5. The van der Waals surface area contributed by atoms with Gasteiger partial charge in [0.15, 0.2) is 5.65 Å². The average molecular weight is 303 g/mol. The molecule has 0 aromatic carbocycles. The van der Waals surface area contributed by atoms with Crippen molar-refractivity contribution in [1.29, 1.82) is 0 Å². The van der Waals surface area contributed by atoms with Crippen LogP contribution >= 0.6 is 0 Å². The molecule has 6 heteroatoms. The van der Waals surface area contributed by atoms with Crippen molar-refractivity contribution in [2.75, 3.05) is 5.32 Å². The molecule has 0 bridgehead atoms. The number of nitrogens with zero attached hydrogens (tertiary/aromatic N) is 3. The van der Waals surface area contributed by atoms with E-state index in [1.165, 1.54) is 0 Å². The first-order chi connectivity index (χ1) is 10.5. The van der Waals surface area contributed by atoms with Gasteiger partial charge in [-0.25, -0.2) is 4.68 Å². The summed E-state index contributed by atoms with van der Waals surface area (Å²) in [5.74, 6) is 2.38. The second-order valence-corrected chi connectivity index (χ2v) is 6.85. The Morgan fingerprint density at radius 2 is 2.00 bits per heavy atom. The molecule has 1 aliphatic carbocycles. The van der Waals surface area contributed by atoms with Crippen LogP contribution in [0.1, 0.15) is 45.2 Å². The normalized spacial score (nSPS) is 22.4. The first-order valence-electron chi connectivity index (χ1n) is 8.16. The van der Waals surface area contributed by atoms with Gasteiger partial charge in [0, 0.05) is 13.0 Å². The molecule has 0 aliphatic heterocycles. The smallest absolute Gasteiger partial charge is 0.228 e. The Morgan fingerprint density at radius 1 is 1.32 bits per heavy atom. The van der Waals surface area contributed by atoms with Crippen molar-refractivity contribution in [1.82, 2.24) is 20.0 Å². The van der Waals surface area contributed by atoms with Crippen LogP contribution in [0.15, 0.2) is 0 Å². The van der Waals surface area contributed by atoms with Crippen LogP contribution in [0, 0.1) is 24.7 Å². The lowest BCUT2D eigenvalue weighted by molar-refractivity contribution is -0.121. The lowest BCUT2D eigenvalue weighted by Gasteiger charge is -2.29. The van der Waals surface area contributed by atoms with E-state index in [0.29, 0.717) is 11.7 Å². The molecule has 1 saturated carbocycles. The fraction of sp³-hybridized carbons (Fsp3) is 0.688. The highest BCUT2D eigenvalue weighted by atomic mass is 16.2. The maximum Gasteiger partial charge on any atom is 0.228 e. The van der Waals surface area contributed by atoms with E-state index in [2.05, 4.69) is 34.5 Å². The summed E-state index contributed by atoms with van der Waals surface area (Å²) in [4.78, 5) is 12.5. The molecule has 1 amide bonds. The number of nitrogens with one attached hydrogen (secondary N) is 2. The number of H-pyrrole nitrogens is 1. The van der Waals surface area contributed by atoms with E-state index in [0.717, 1.165) is 48.3 Å². The van der Waals surface area contributed by atoms with Crippen LogP contribution in [0.25, 0.3) is 11.0 Å². The molecule has 120 valence electrons. The minimum atomic E-state index is 0.107. The molecule has 0 spiro atoms. The van der Waals surface area contributed by atoms with Gasteiger partial charge in [0.2, 0.25) is 5.91 Å². The number of fused-ring (bicyclic) bond motifs is 1. The van der Waals surface area contributed by atoms with Gasteiger partial charge < -0.3 is 5.32 Å². The second kappa shape index (κ2) is 5.74. The van der Waals surface area contributed by atoms with E-state index in [1.807, 2.05) is 14.0 Å². The summed E-state index contributed by atoms with van der Waals surface area (Å²) < 4.78 is 1.73. The van der Waals surface area contributed by atoms with Crippen LogP contribution in [0.5, 0.6) is 0 Å². The molecular weight excluding hydrogens is 278 g/mol. The fourth-order valence-electron chi connectivity index (χ4n) is 3.60. The Morgan fingerprint density at radius 3 is 2.64 bits per heavy atom. The minimum absolute atomic E-state index is 0.107. The molecule has 0 saturated heterocycles. The number of anilines is 1. The fourth-order valence-corrected chi connectivity index (χ4v) is 3.60. The van der Waals surface area contributed by atoms with Crippen LogP contribution in [-0.2, 0) is 11.8 Å². The van der Waals surface area contributed by atoms with E-state index in [4.69, 9.17) is 0 Å². The summed E-state index contributed by atoms with van der Waals surface area (Å²) in [6.07, 6.45) is 4.27. The number of aromatic nitrogens is 4. The predicted molar refractivity (Wildman–Crippen MR) is 86.5 cm³/mol.